The Labute approximate surface area is 196 Å². The Kier molecular flexibility index (Phi) is 7.22. The molecule has 0 saturated carbocycles. The van der Waals surface area contributed by atoms with Crippen LogP contribution in [0.5, 0.6) is 0 Å². The van der Waals surface area contributed by atoms with Crippen LogP contribution in [0.2, 0.25) is 0 Å². The lowest BCUT2D eigenvalue weighted by molar-refractivity contribution is -0.119. The lowest BCUT2D eigenvalue weighted by Gasteiger charge is -2.27. The van der Waals surface area contributed by atoms with Gasteiger partial charge >= 0.3 is 12.3 Å². The molecular weight excluding hydrogens is 473 g/mol. The number of halogens is 3. The maximum Gasteiger partial charge on any atom is 0.416 e. The molecule has 2 N–H and O–H groups in total. The number of carbonyl (C=O) groups excluding carboxylic acids is 3. The van der Waals surface area contributed by atoms with Crippen molar-refractivity contribution in [1.29, 1.82) is 0 Å². The first-order valence-corrected chi connectivity index (χ1v) is 10.1. The van der Waals surface area contributed by atoms with E-state index in [-0.39, 0.29) is 35.1 Å². The number of rotatable bonds is 7. The number of nitrogens with zero attached hydrogens (tertiary/aromatic N) is 4. The SMILES string of the molecule is CC(C)(C)OC(=O)N(CC(F)(F)F)c1cc(-c2nc(C(=O)Nc3cn[nH]c3CC=O)co2)ccn1. The molecule has 186 valence electrons. The molecule has 0 aliphatic rings. The van der Waals surface area contributed by atoms with Crippen molar-refractivity contribution >= 4 is 29.8 Å². The van der Waals surface area contributed by atoms with Gasteiger partial charge in [0.1, 0.15) is 30.5 Å². The Morgan fingerprint density at radius 1 is 1.29 bits per heavy atom. The normalized spacial score (nSPS) is 11.7. The van der Waals surface area contributed by atoms with Gasteiger partial charge in [-0.25, -0.2) is 14.8 Å². The molecule has 2 amide bonds. The fourth-order valence-corrected chi connectivity index (χ4v) is 2.79. The number of aldehydes is 1. The Morgan fingerprint density at radius 2 is 2.03 bits per heavy atom. The van der Waals surface area contributed by atoms with Crippen LogP contribution in [0.15, 0.2) is 35.2 Å². The number of pyridine rings is 1. The largest absolute Gasteiger partial charge is 0.444 e. The van der Waals surface area contributed by atoms with Crippen molar-refractivity contribution < 1.29 is 36.7 Å². The molecule has 0 fully saturated rings. The van der Waals surface area contributed by atoms with Crippen molar-refractivity contribution in [2.45, 2.75) is 39.0 Å². The standard InChI is InChI=1S/C21H21F3N6O5/c1-20(2,3)35-19(33)30(11-21(22,23)24)16-8-12(4-6-25-16)18-28-15(10-34-18)17(32)27-14-9-26-29-13(14)5-7-31/h4,6-10H,5,11H2,1-3H3,(H,26,29)(H,27,32). The molecule has 3 aromatic heterocycles. The van der Waals surface area contributed by atoms with Crippen molar-refractivity contribution in [2.75, 3.05) is 16.8 Å². The minimum Gasteiger partial charge on any atom is -0.444 e. The van der Waals surface area contributed by atoms with Crippen molar-refractivity contribution in [1.82, 2.24) is 20.2 Å². The predicted molar refractivity (Wildman–Crippen MR) is 116 cm³/mol. The van der Waals surface area contributed by atoms with Gasteiger partial charge in [0.15, 0.2) is 5.69 Å². The topological polar surface area (TPSA) is 143 Å². The van der Waals surface area contributed by atoms with Gasteiger partial charge in [0.25, 0.3) is 5.91 Å². The molecule has 11 nitrogen and oxygen atoms in total. The van der Waals surface area contributed by atoms with E-state index in [2.05, 4.69) is 25.5 Å². The van der Waals surface area contributed by atoms with Crippen LogP contribution >= 0.6 is 0 Å². The highest BCUT2D eigenvalue weighted by Crippen LogP contribution is 2.27. The van der Waals surface area contributed by atoms with Crippen LogP contribution in [0.1, 0.15) is 37.0 Å². The van der Waals surface area contributed by atoms with E-state index in [0.717, 1.165) is 12.3 Å². The Balaban J connectivity index is 1.84. The van der Waals surface area contributed by atoms with E-state index in [1.807, 2.05) is 0 Å². The number of ether oxygens (including phenoxy) is 1. The molecule has 0 atom stereocenters. The fraction of sp³-hybridized carbons (Fsp3) is 0.333. The van der Waals surface area contributed by atoms with Gasteiger partial charge in [-0.15, -0.1) is 0 Å². The third kappa shape index (κ3) is 6.88. The second kappa shape index (κ2) is 9.95. The highest BCUT2D eigenvalue weighted by molar-refractivity contribution is 6.03. The van der Waals surface area contributed by atoms with Crippen molar-refractivity contribution in [2.24, 2.45) is 0 Å². The van der Waals surface area contributed by atoms with Crippen LogP contribution in [0, 0.1) is 0 Å². The first-order valence-electron chi connectivity index (χ1n) is 10.1. The summed E-state index contributed by atoms with van der Waals surface area (Å²) in [6.07, 6.45) is -1.79. The molecule has 0 bridgehead atoms. The van der Waals surface area contributed by atoms with E-state index in [9.17, 15) is 27.6 Å². The number of alkyl halides is 3. The van der Waals surface area contributed by atoms with Crippen LogP contribution in [0.25, 0.3) is 11.5 Å². The Morgan fingerprint density at radius 3 is 2.69 bits per heavy atom. The van der Waals surface area contributed by atoms with Gasteiger partial charge in [0, 0.05) is 18.2 Å². The Bertz CT molecular complexity index is 1210. The monoisotopic (exact) mass is 494 g/mol. The van der Waals surface area contributed by atoms with E-state index < -0.39 is 30.3 Å². The first-order chi connectivity index (χ1) is 16.4. The molecule has 3 rings (SSSR count). The molecule has 3 aromatic rings. The van der Waals surface area contributed by atoms with E-state index >= 15 is 0 Å². The average Bonchev–Trinajstić information content (AvgIpc) is 3.41. The van der Waals surface area contributed by atoms with Crippen molar-refractivity contribution in [3.63, 3.8) is 0 Å². The molecule has 3 heterocycles. The third-order valence-corrected chi connectivity index (χ3v) is 4.21. The summed E-state index contributed by atoms with van der Waals surface area (Å²) in [4.78, 5) is 43.9. The molecule has 0 aromatic carbocycles. The number of oxazole rings is 1. The molecule has 0 aliphatic carbocycles. The van der Waals surface area contributed by atoms with Gasteiger partial charge in [-0.1, -0.05) is 0 Å². The lowest BCUT2D eigenvalue weighted by Crippen LogP contribution is -2.42. The summed E-state index contributed by atoms with van der Waals surface area (Å²) >= 11 is 0. The predicted octanol–water partition coefficient (Wildman–Crippen LogP) is 3.76. The quantitative estimate of drug-likeness (QED) is 0.473. The van der Waals surface area contributed by atoms with Crippen molar-refractivity contribution in [3.8, 4) is 11.5 Å². The molecule has 0 spiro atoms. The van der Waals surface area contributed by atoms with E-state index in [1.54, 1.807) is 0 Å². The number of hydrogen-bond acceptors (Lipinski definition) is 8. The average molecular weight is 494 g/mol. The smallest absolute Gasteiger partial charge is 0.416 e. The Hall–Kier alpha value is -4.23. The second-order valence-electron chi connectivity index (χ2n) is 8.21. The second-order valence-corrected chi connectivity index (χ2v) is 8.21. The van der Waals surface area contributed by atoms with Crippen LogP contribution in [-0.2, 0) is 16.0 Å². The van der Waals surface area contributed by atoms with Crippen molar-refractivity contribution in [3.05, 3.63) is 42.2 Å². The van der Waals surface area contributed by atoms with Crippen LogP contribution in [0.3, 0.4) is 0 Å². The zero-order chi connectivity index (χ0) is 25.8. The molecule has 35 heavy (non-hydrogen) atoms. The summed E-state index contributed by atoms with van der Waals surface area (Å²) in [5, 5.41) is 8.86. The number of amides is 2. The number of hydrogen-bond donors (Lipinski definition) is 2. The van der Waals surface area contributed by atoms with Gasteiger partial charge in [-0.05, 0) is 32.9 Å². The fourth-order valence-electron chi connectivity index (χ4n) is 2.79. The zero-order valence-corrected chi connectivity index (χ0v) is 18.8. The lowest BCUT2D eigenvalue weighted by atomic mass is 10.2. The van der Waals surface area contributed by atoms with E-state index in [4.69, 9.17) is 9.15 Å². The van der Waals surface area contributed by atoms with Crippen LogP contribution in [-0.4, -0.2) is 56.8 Å². The highest BCUT2D eigenvalue weighted by Gasteiger charge is 2.36. The summed E-state index contributed by atoms with van der Waals surface area (Å²) in [5.41, 5.74) is -0.351. The summed E-state index contributed by atoms with van der Waals surface area (Å²) in [6, 6.07) is 2.54. The third-order valence-electron chi connectivity index (χ3n) is 4.21. The summed E-state index contributed by atoms with van der Waals surface area (Å²) in [6.45, 7) is 2.92. The number of nitrogens with one attached hydrogen (secondary N) is 2. The van der Waals surface area contributed by atoms with Gasteiger partial charge in [-0.3, -0.25) is 14.8 Å². The van der Waals surface area contributed by atoms with Crippen LogP contribution in [0.4, 0.5) is 29.5 Å². The summed E-state index contributed by atoms with van der Waals surface area (Å²) < 4.78 is 49.9. The number of carbonyl (C=O) groups is 3. The van der Waals surface area contributed by atoms with Crippen LogP contribution < -0.4 is 10.2 Å². The van der Waals surface area contributed by atoms with E-state index in [1.165, 1.54) is 39.2 Å². The van der Waals surface area contributed by atoms with E-state index in [0.29, 0.717) is 16.9 Å². The maximum absolute atomic E-state index is 13.2. The molecule has 0 unspecified atom stereocenters. The molecule has 0 saturated heterocycles. The molecule has 0 radical (unpaired) electrons. The molecule has 0 aliphatic heterocycles. The number of aromatic nitrogens is 4. The minimum absolute atomic E-state index is 0.00550. The molecule has 14 heteroatoms. The number of anilines is 2. The number of H-pyrrole nitrogens is 1. The summed E-state index contributed by atoms with van der Waals surface area (Å²) in [7, 11) is 0. The molecular formula is C21H21F3N6O5. The van der Waals surface area contributed by atoms with Gasteiger partial charge in [0.05, 0.1) is 17.6 Å². The highest BCUT2D eigenvalue weighted by atomic mass is 19.4. The minimum atomic E-state index is -4.72. The van der Waals surface area contributed by atoms with Gasteiger partial charge in [-0.2, -0.15) is 18.3 Å². The van der Waals surface area contributed by atoms with Gasteiger partial charge < -0.3 is 19.3 Å². The number of aromatic amines is 1. The van der Waals surface area contributed by atoms with Gasteiger partial charge in [0.2, 0.25) is 5.89 Å². The zero-order valence-electron chi connectivity index (χ0n) is 18.8. The summed E-state index contributed by atoms with van der Waals surface area (Å²) in [5.74, 6) is -1.12. The first kappa shape index (κ1) is 25.4. The maximum atomic E-state index is 13.2.